The number of aryl methyl sites for hydroxylation is 1. The molecular weight excluding hydrogens is 232 g/mol. The van der Waals surface area contributed by atoms with E-state index in [-0.39, 0.29) is 0 Å². The summed E-state index contributed by atoms with van der Waals surface area (Å²) in [6.07, 6.45) is 1.12. The van der Waals surface area contributed by atoms with Gasteiger partial charge in [0.1, 0.15) is 0 Å². The average Bonchev–Trinajstić information content (AvgIpc) is 2.46. The maximum atomic E-state index is 3.49. The minimum absolute atomic E-state index is 1.12. The van der Waals surface area contributed by atoms with Gasteiger partial charge in [0.15, 0.2) is 0 Å². The molecule has 0 aliphatic heterocycles. The molecule has 0 amide bonds. The van der Waals surface area contributed by atoms with Crippen molar-refractivity contribution in [3.63, 3.8) is 0 Å². The molecule has 0 bridgehead atoms. The summed E-state index contributed by atoms with van der Waals surface area (Å²) in [4.78, 5) is 0. The molecule has 0 atom stereocenters. The summed E-state index contributed by atoms with van der Waals surface area (Å²) in [6.45, 7) is 2.20. The summed E-state index contributed by atoms with van der Waals surface area (Å²) >= 11 is 5.31. The Labute approximate surface area is 84.4 Å². The van der Waals surface area contributed by atoms with Crippen LogP contribution in [0.2, 0.25) is 0 Å². The zero-order valence-corrected chi connectivity index (χ0v) is 9.21. The van der Waals surface area contributed by atoms with Gasteiger partial charge in [-0.2, -0.15) is 0 Å². The second-order valence-electron chi connectivity index (χ2n) is 2.75. The Morgan fingerprint density at radius 3 is 3.00 bits per heavy atom. The van der Waals surface area contributed by atoms with Gasteiger partial charge < -0.3 is 0 Å². The second kappa shape index (κ2) is 3.19. The summed E-state index contributed by atoms with van der Waals surface area (Å²) in [7, 11) is 0. The number of fused-ring (bicyclic) bond motifs is 1. The highest BCUT2D eigenvalue weighted by atomic mass is 79.9. The van der Waals surface area contributed by atoms with Crippen LogP contribution in [0, 0.1) is 0 Å². The lowest BCUT2D eigenvalue weighted by atomic mass is 10.1. The zero-order valence-electron chi connectivity index (χ0n) is 6.80. The summed E-state index contributed by atoms with van der Waals surface area (Å²) in [5.41, 5.74) is 1.45. The topological polar surface area (TPSA) is 0 Å². The number of benzene rings is 1. The van der Waals surface area contributed by atoms with Crippen LogP contribution in [0.15, 0.2) is 28.1 Å². The van der Waals surface area contributed by atoms with Gasteiger partial charge in [0.25, 0.3) is 0 Å². The first-order valence-electron chi connectivity index (χ1n) is 3.97. The van der Waals surface area contributed by atoms with E-state index in [1.807, 2.05) is 11.3 Å². The molecule has 2 heteroatoms. The molecule has 2 aromatic rings. The fraction of sp³-hybridized carbons (Fsp3) is 0.200. The van der Waals surface area contributed by atoms with Crippen molar-refractivity contribution in [1.29, 1.82) is 0 Å². The van der Waals surface area contributed by atoms with Crippen molar-refractivity contribution in [2.75, 3.05) is 0 Å². The van der Waals surface area contributed by atoms with Crippen LogP contribution < -0.4 is 0 Å². The first-order valence-corrected chi connectivity index (χ1v) is 5.64. The van der Waals surface area contributed by atoms with Gasteiger partial charge in [0.2, 0.25) is 0 Å². The molecule has 0 N–H and O–H groups in total. The lowest BCUT2D eigenvalue weighted by Gasteiger charge is -1.94. The summed E-state index contributed by atoms with van der Waals surface area (Å²) in [5.74, 6) is 0. The highest BCUT2D eigenvalue weighted by Gasteiger charge is 2.01. The lowest BCUT2D eigenvalue weighted by Crippen LogP contribution is -1.74. The molecule has 0 nitrogen and oxygen atoms in total. The Hall–Kier alpha value is -0.340. The van der Waals surface area contributed by atoms with Gasteiger partial charge in [-0.05, 0) is 40.9 Å². The third-order valence-electron chi connectivity index (χ3n) is 2.00. The Bertz CT molecular complexity index is 403. The average molecular weight is 241 g/mol. The number of rotatable bonds is 1. The standard InChI is InChI=1S/C10H9BrS/c1-2-7-6-12-10-4-3-8(11)5-9(7)10/h3-6H,2H2,1H3. The fourth-order valence-electron chi connectivity index (χ4n) is 1.33. The van der Waals surface area contributed by atoms with Crippen molar-refractivity contribution in [3.8, 4) is 0 Å². The molecular formula is C10H9BrS. The molecule has 0 saturated heterocycles. The molecule has 62 valence electrons. The second-order valence-corrected chi connectivity index (χ2v) is 4.58. The van der Waals surface area contributed by atoms with Crippen molar-refractivity contribution in [2.24, 2.45) is 0 Å². The van der Waals surface area contributed by atoms with Crippen molar-refractivity contribution in [2.45, 2.75) is 13.3 Å². The highest BCUT2D eigenvalue weighted by Crippen LogP contribution is 2.28. The van der Waals surface area contributed by atoms with Gasteiger partial charge in [0.05, 0.1) is 0 Å². The summed E-state index contributed by atoms with van der Waals surface area (Å²) in [6, 6.07) is 6.46. The Balaban J connectivity index is 2.75. The predicted octanol–water partition coefficient (Wildman–Crippen LogP) is 4.23. The number of halogens is 1. The molecule has 0 saturated carbocycles. The SMILES string of the molecule is CCc1csc2ccc(Br)cc12. The molecule has 2 rings (SSSR count). The van der Waals surface area contributed by atoms with Gasteiger partial charge in [-0.3, -0.25) is 0 Å². The molecule has 0 spiro atoms. The first kappa shape index (κ1) is 8.27. The van der Waals surface area contributed by atoms with Gasteiger partial charge >= 0.3 is 0 Å². The molecule has 1 heterocycles. The van der Waals surface area contributed by atoms with Gasteiger partial charge in [0, 0.05) is 9.17 Å². The lowest BCUT2D eigenvalue weighted by molar-refractivity contribution is 1.17. The van der Waals surface area contributed by atoms with E-state index in [9.17, 15) is 0 Å². The van der Waals surface area contributed by atoms with Crippen molar-refractivity contribution < 1.29 is 0 Å². The summed E-state index contributed by atoms with van der Waals surface area (Å²) < 4.78 is 2.55. The summed E-state index contributed by atoms with van der Waals surface area (Å²) in [5, 5.41) is 3.65. The maximum absolute atomic E-state index is 3.49. The first-order chi connectivity index (χ1) is 5.81. The van der Waals surface area contributed by atoms with Crippen LogP contribution in [0.25, 0.3) is 10.1 Å². The quantitative estimate of drug-likeness (QED) is 0.701. The third-order valence-corrected chi connectivity index (χ3v) is 3.50. The van der Waals surface area contributed by atoms with Crippen LogP contribution in [0.3, 0.4) is 0 Å². The molecule has 0 aliphatic carbocycles. The monoisotopic (exact) mass is 240 g/mol. The fourth-order valence-corrected chi connectivity index (χ4v) is 2.72. The Morgan fingerprint density at radius 1 is 1.42 bits per heavy atom. The number of hydrogen-bond donors (Lipinski definition) is 0. The van der Waals surface area contributed by atoms with E-state index in [0.29, 0.717) is 0 Å². The molecule has 1 aromatic heterocycles. The van der Waals surface area contributed by atoms with E-state index in [1.165, 1.54) is 20.1 Å². The van der Waals surface area contributed by atoms with E-state index in [1.54, 1.807) is 0 Å². The van der Waals surface area contributed by atoms with E-state index < -0.39 is 0 Å². The van der Waals surface area contributed by atoms with Gasteiger partial charge in [-0.15, -0.1) is 11.3 Å². The molecule has 0 aliphatic rings. The van der Waals surface area contributed by atoms with Crippen LogP contribution in [-0.2, 0) is 6.42 Å². The zero-order chi connectivity index (χ0) is 8.55. The molecule has 1 aromatic carbocycles. The molecule has 0 radical (unpaired) electrons. The van der Waals surface area contributed by atoms with Crippen molar-refractivity contribution in [1.82, 2.24) is 0 Å². The predicted molar refractivity (Wildman–Crippen MR) is 58.9 cm³/mol. The molecule has 0 unspecified atom stereocenters. The van der Waals surface area contributed by atoms with E-state index in [4.69, 9.17) is 0 Å². The van der Waals surface area contributed by atoms with Crippen LogP contribution in [0.4, 0.5) is 0 Å². The maximum Gasteiger partial charge on any atom is 0.0346 e. The van der Waals surface area contributed by atoms with Gasteiger partial charge in [-0.1, -0.05) is 22.9 Å². The largest absolute Gasteiger partial charge is 0.144 e. The van der Waals surface area contributed by atoms with E-state index in [0.717, 1.165) is 6.42 Å². The van der Waals surface area contributed by atoms with Crippen LogP contribution >= 0.6 is 27.3 Å². The Kier molecular flexibility index (Phi) is 2.20. The molecule has 0 fully saturated rings. The van der Waals surface area contributed by atoms with Gasteiger partial charge in [-0.25, -0.2) is 0 Å². The highest BCUT2D eigenvalue weighted by molar-refractivity contribution is 9.10. The van der Waals surface area contributed by atoms with E-state index >= 15 is 0 Å². The third kappa shape index (κ3) is 1.29. The number of thiophene rings is 1. The molecule has 12 heavy (non-hydrogen) atoms. The normalized spacial score (nSPS) is 10.8. The Morgan fingerprint density at radius 2 is 2.25 bits per heavy atom. The van der Waals surface area contributed by atoms with Crippen molar-refractivity contribution in [3.05, 3.63) is 33.6 Å². The van der Waals surface area contributed by atoms with Crippen molar-refractivity contribution >= 4 is 37.4 Å². The van der Waals surface area contributed by atoms with Crippen LogP contribution in [-0.4, -0.2) is 0 Å². The van der Waals surface area contributed by atoms with Crippen LogP contribution in [0.1, 0.15) is 12.5 Å². The van der Waals surface area contributed by atoms with E-state index in [2.05, 4.69) is 46.4 Å². The number of hydrogen-bond acceptors (Lipinski definition) is 1. The minimum atomic E-state index is 1.12. The van der Waals surface area contributed by atoms with Crippen LogP contribution in [0.5, 0.6) is 0 Å². The minimum Gasteiger partial charge on any atom is -0.144 e. The smallest absolute Gasteiger partial charge is 0.0346 e.